The fourth-order valence-electron chi connectivity index (χ4n) is 2.19. The van der Waals surface area contributed by atoms with Gasteiger partial charge < -0.3 is 5.32 Å². The maximum atomic E-state index is 11.1. The number of fused-ring (bicyclic) bond motifs is 1. The van der Waals surface area contributed by atoms with E-state index in [1.807, 2.05) is 26.8 Å². The molecule has 0 unspecified atom stereocenters. The molecule has 0 aromatic heterocycles. The van der Waals surface area contributed by atoms with Crippen LogP contribution in [0, 0.1) is 0 Å². The quantitative estimate of drug-likeness (QED) is 0.755. The molecule has 5 heteroatoms. The van der Waals surface area contributed by atoms with Crippen molar-refractivity contribution < 1.29 is 13.0 Å². The molecule has 2 N–H and O–H groups in total. The van der Waals surface area contributed by atoms with Gasteiger partial charge >= 0.3 is 0 Å². The Kier molecular flexibility index (Phi) is 2.56. The zero-order chi connectivity index (χ0) is 12.8. The van der Waals surface area contributed by atoms with Crippen LogP contribution in [0.1, 0.15) is 26.3 Å². The molecule has 92 valence electrons. The van der Waals surface area contributed by atoms with Crippen LogP contribution in [0.5, 0.6) is 0 Å². The number of benzene rings is 1. The summed E-state index contributed by atoms with van der Waals surface area (Å²) >= 11 is 0. The third-order valence-electron chi connectivity index (χ3n) is 3.19. The van der Waals surface area contributed by atoms with Gasteiger partial charge in [0.1, 0.15) is 0 Å². The van der Waals surface area contributed by atoms with Crippen LogP contribution in [0.15, 0.2) is 34.9 Å². The second-order valence-corrected chi connectivity index (χ2v) is 6.06. The van der Waals surface area contributed by atoms with Gasteiger partial charge in [-0.05, 0) is 30.7 Å². The van der Waals surface area contributed by atoms with Gasteiger partial charge in [0, 0.05) is 16.8 Å². The molecule has 4 nitrogen and oxygen atoms in total. The monoisotopic (exact) mass is 253 g/mol. The van der Waals surface area contributed by atoms with E-state index in [-0.39, 0.29) is 10.3 Å². The molecule has 1 heterocycles. The number of allylic oxidation sites excluding steroid dienone is 2. The molecular formula is C12H15NO3S. The Morgan fingerprint density at radius 3 is 2.53 bits per heavy atom. The summed E-state index contributed by atoms with van der Waals surface area (Å²) < 4.78 is 31.3. The summed E-state index contributed by atoms with van der Waals surface area (Å²) in [5.41, 5.74) is 2.52. The molecule has 0 saturated heterocycles. The fourth-order valence-corrected chi connectivity index (χ4v) is 2.70. The lowest BCUT2D eigenvalue weighted by Crippen LogP contribution is -2.17. The predicted molar refractivity (Wildman–Crippen MR) is 66.7 cm³/mol. The lowest BCUT2D eigenvalue weighted by atomic mass is 9.84. The van der Waals surface area contributed by atoms with E-state index >= 15 is 0 Å². The molecular weight excluding hydrogens is 238 g/mol. The number of nitrogens with one attached hydrogen (secondary N) is 1. The number of hydrogen-bond acceptors (Lipinski definition) is 3. The van der Waals surface area contributed by atoms with E-state index in [1.54, 1.807) is 6.07 Å². The van der Waals surface area contributed by atoms with Crippen molar-refractivity contribution >= 4 is 15.8 Å². The maximum Gasteiger partial charge on any atom is 0.294 e. The summed E-state index contributed by atoms with van der Waals surface area (Å²) in [5.74, 6) is 0. The van der Waals surface area contributed by atoms with Gasteiger partial charge in [0.05, 0.1) is 4.90 Å². The van der Waals surface area contributed by atoms with E-state index in [4.69, 9.17) is 4.55 Å². The van der Waals surface area contributed by atoms with E-state index < -0.39 is 10.1 Å². The molecule has 1 aliphatic heterocycles. The zero-order valence-electron chi connectivity index (χ0n) is 9.98. The Balaban J connectivity index is 2.65. The van der Waals surface area contributed by atoms with Crippen molar-refractivity contribution in [3.8, 4) is 0 Å². The summed E-state index contributed by atoms with van der Waals surface area (Å²) in [4.78, 5) is -0.0662. The van der Waals surface area contributed by atoms with E-state index in [0.29, 0.717) is 0 Å². The highest BCUT2D eigenvalue weighted by Crippen LogP contribution is 2.43. The van der Waals surface area contributed by atoms with Crippen LogP contribution < -0.4 is 5.32 Å². The molecule has 17 heavy (non-hydrogen) atoms. The van der Waals surface area contributed by atoms with Gasteiger partial charge in [-0.2, -0.15) is 8.42 Å². The minimum atomic E-state index is -4.15. The Labute approximate surface area is 101 Å². The summed E-state index contributed by atoms with van der Waals surface area (Å²) in [6.07, 6.45) is 1.97. The third kappa shape index (κ3) is 1.85. The first-order chi connectivity index (χ1) is 7.76. The first kappa shape index (κ1) is 12.1. The van der Waals surface area contributed by atoms with E-state index in [1.165, 1.54) is 12.1 Å². The maximum absolute atomic E-state index is 11.1. The topological polar surface area (TPSA) is 66.4 Å². The summed E-state index contributed by atoms with van der Waals surface area (Å²) in [6, 6.07) is 4.60. The highest BCUT2D eigenvalue weighted by atomic mass is 32.2. The number of anilines is 1. The van der Waals surface area contributed by atoms with Crippen LogP contribution in [-0.4, -0.2) is 13.0 Å². The average molecular weight is 253 g/mol. The second-order valence-electron chi connectivity index (χ2n) is 4.63. The molecule has 0 aliphatic carbocycles. The molecule has 1 aromatic rings. The SMILES string of the molecule is C/C=C1\Nc2ccc(S(=O)(=O)O)cc2C1(C)C. The third-order valence-corrected chi connectivity index (χ3v) is 4.04. The fraction of sp³-hybridized carbons (Fsp3) is 0.333. The van der Waals surface area contributed by atoms with Crippen LogP contribution >= 0.6 is 0 Å². The largest absolute Gasteiger partial charge is 0.358 e. The van der Waals surface area contributed by atoms with Crippen molar-refractivity contribution in [2.75, 3.05) is 5.32 Å². The highest BCUT2D eigenvalue weighted by Gasteiger charge is 2.35. The van der Waals surface area contributed by atoms with Gasteiger partial charge in [-0.1, -0.05) is 19.9 Å². The molecule has 2 rings (SSSR count). The number of rotatable bonds is 1. The number of hydrogen-bond donors (Lipinski definition) is 2. The van der Waals surface area contributed by atoms with Gasteiger partial charge in [0.2, 0.25) is 0 Å². The van der Waals surface area contributed by atoms with Crippen molar-refractivity contribution in [1.82, 2.24) is 0 Å². The van der Waals surface area contributed by atoms with Gasteiger partial charge in [0.25, 0.3) is 10.1 Å². The van der Waals surface area contributed by atoms with E-state index in [9.17, 15) is 8.42 Å². The van der Waals surface area contributed by atoms with Crippen LogP contribution in [0.2, 0.25) is 0 Å². The molecule has 0 amide bonds. The van der Waals surface area contributed by atoms with Crippen molar-refractivity contribution in [1.29, 1.82) is 0 Å². The van der Waals surface area contributed by atoms with E-state index in [2.05, 4.69) is 5.32 Å². The van der Waals surface area contributed by atoms with Crippen LogP contribution in [0.25, 0.3) is 0 Å². The Morgan fingerprint density at radius 2 is 2.00 bits per heavy atom. The Morgan fingerprint density at radius 1 is 1.35 bits per heavy atom. The Bertz CT molecular complexity index is 600. The Hall–Kier alpha value is -1.33. The minimum absolute atomic E-state index is 0.0662. The van der Waals surface area contributed by atoms with Gasteiger partial charge in [-0.3, -0.25) is 4.55 Å². The van der Waals surface area contributed by atoms with Crippen LogP contribution in [-0.2, 0) is 15.5 Å². The van der Waals surface area contributed by atoms with Crippen molar-refractivity contribution in [3.05, 3.63) is 35.5 Å². The summed E-state index contributed by atoms with van der Waals surface area (Å²) in [6.45, 7) is 5.95. The van der Waals surface area contributed by atoms with Gasteiger partial charge in [0.15, 0.2) is 0 Å². The second kappa shape index (κ2) is 3.58. The molecule has 0 atom stereocenters. The van der Waals surface area contributed by atoms with E-state index in [0.717, 1.165) is 16.9 Å². The molecule has 0 bridgehead atoms. The molecule has 1 aliphatic rings. The summed E-state index contributed by atoms with van der Waals surface area (Å²) in [7, 11) is -4.15. The summed E-state index contributed by atoms with van der Waals surface area (Å²) in [5, 5.41) is 3.24. The van der Waals surface area contributed by atoms with Crippen molar-refractivity contribution in [2.24, 2.45) is 0 Å². The van der Waals surface area contributed by atoms with Crippen LogP contribution in [0.3, 0.4) is 0 Å². The predicted octanol–water partition coefficient (Wildman–Crippen LogP) is 2.54. The smallest absolute Gasteiger partial charge is 0.294 e. The van der Waals surface area contributed by atoms with Crippen LogP contribution in [0.4, 0.5) is 5.69 Å². The lowest BCUT2D eigenvalue weighted by molar-refractivity contribution is 0.483. The van der Waals surface area contributed by atoms with Gasteiger partial charge in [-0.25, -0.2) is 0 Å². The zero-order valence-corrected chi connectivity index (χ0v) is 10.8. The molecule has 1 aromatic carbocycles. The lowest BCUT2D eigenvalue weighted by Gasteiger charge is -2.20. The molecule has 0 radical (unpaired) electrons. The highest BCUT2D eigenvalue weighted by molar-refractivity contribution is 7.85. The van der Waals surface area contributed by atoms with Crippen molar-refractivity contribution in [2.45, 2.75) is 31.1 Å². The molecule has 0 fully saturated rings. The van der Waals surface area contributed by atoms with Crippen molar-refractivity contribution in [3.63, 3.8) is 0 Å². The standard InChI is InChI=1S/C12H15NO3S/c1-4-11-12(2,3)9-7-8(17(14,15)16)5-6-10(9)13-11/h4-7,13H,1-3H3,(H,14,15,16)/b11-4-. The minimum Gasteiger partial charge on any atom is -0.358 e. The first-order valence-electron chi connectivity index (χ1n) is 5.32. The normalized spacial score (nSPS) is 20.1. The van der Waals surface area contributed by atoms with Gasteiger partial charge in [-0.15, -0.1) is 0 Å². The molecule has 0 spiro atoms. The average Bonchev–Trinajstić information content (AvgIpc) is 2.48. The first-order valence-corrected chi connectivity index (χ1v) is 6.76. The molecule has 0 saturated carbocycles.